The van der Waals surface area contributed by atoms with Crippen LogP contribution in [0.15, 0.2) is 30.3 Å². The molecule has 0 atom stereocenters. The standard InChI is InChI=1S/C23H29ClN4OS.C2H2O4/c1-5-6-7-8-11-17-14-19(22(29)18-12-9-10-13-20(18)24)23(30-17)28-16(2)25-26-21(28)15-27(3)4;3-1(4)2(5)6/h9-10,12-14H,5-8,11,15H2,1-4H3;(H,3,4)(H,5,6). The number of carbonyl (C=O) groups is 3. The average Bonchev–Trinajstić information content (AvgIpc) is 3.39. The first-order chi connectivity index (χ1) is 17.1. The Labute approximate surface area is 219 Å². The van der Waals surface area contributed by atoms with Gasteiger partial charge >= 0.3 is 11.9 Å². The van der Waals surface area contributed by atoms with E-state index in [2.05, 4.69) is 22.0 Å². The first-order valence-corrected chi connectivity index (χ1v) is 12.7. The molecule has 36 heavy (non-hydrogen) atoms. The van der Waals surface area contributed by atoms with E-state index in [1.165, 1.54) is 24.1 Å². The molecule has 0 saturated heterocycles. The van der Waals surface area contributed by atoms with E-state index in [4.69, 9.17) is 31.4 Å². The van der Waals surface area contributed by atoms with Crippen LogP contribution in [0, 0.1) is 6.92 Å². The van der Waals surface area contributed by atoms with Gasteiger partial charge in [0.2, 0.25) is 0 Å². The number of hydrogen-bond acceptors (Lipinski definition) is 7. The van der Waals surface area contributed by atoms with Crippen molar-refractivity contribution >= 4 is 40.7 Å². The number of aryl methyl sites for hydroxylation is 2. The minimum absolute atomic E-state index is 0.0597. The summed E-state index contributed by atoms with van der Waals surface area (Å²) in [5, 5.41) is 24.8. The second kappa shape index (κ2) is 13.9. The van der Waals surface area contributed by atoms with Gasteiger partial charge in [-0.3, -0.25) is 9.36 Å². The third kappa shape index (κ3) is 7.97. The lowest BCUT2D eigenvalue weighted by atomic mass is 10.0. The van der Waals surface area contributed by atoms with Crippen molar-refractivity contribution < 1.29 is 24.6 Å². The van der Waals surface area contributed by atoms with Crippen molar-refractivity contribution in [3.8, 4) is 5.00 Å². The summed E-state index contributed by atoms with van der Waals surface area (Å²) in [5.41, 5.74) is 1.19. The molecule has 0 spiro atoms. The molecule has 2 heterocycles. The zero-order valence-electron chi connectivity index (χ0n) is 20.8. The number of aliphatic carboxylic acids is 2. The van der Waals surface area contributed by atoms with Crippen LogP contribution < -0.4 is 0 Å². The smallest absolute Gasteiger partial charge is 0.414 e. The highest BCUT2D eigenvalue weighted by Gasteiger charge is 2.24. The number of carboxylic acids is 2. The maximum Gasteiger partial charge on any atom is 0.414 e. The maximum atomic E-state index is 13.5. The van der Waals surface area contributed by atoms with Gasteiger partial charge in [-0.2, -0.15) is 0 Å². The van der Waals surface area contributed by atoms with Gasteiger partial charge in [0.15, 0.2) is 11.6 Å². The molecule has 3 aromatic rings. The first-order valence-electron chi connectivity index (χ1n) is 11.5. The van der Waals surface area contributed by atoms with Crippen LogP contribution >= 0.6 is 22.9 Å². The van der Waals surface area contributed by atoms with Gasteiger partial charge in [0.25, 0.3) is 0 Å². The second-order valence-electron chi connectivity index (χ2n) is 8.40. The number of rotatable bonds is 10. The molecule has 0 radical (unpaired) electrons. The van der Waals surface area contributed by atoms with Gasteiger partial charge in [-0.15, -0.1) is 21.5 Å². The van der Waals surface area contributed by atoms with E-state index >= 15 is 0 Å². The van der Waals surface area contributed by atoms with E-state index in [1.807, 2.05) is 43.8 Å². The summed E-state index contributed by atoms with van der Waals surface area (Å²) in [4.78, 5) is 34.9. The van der Waals surface area contributed by atoms with E-state index in [0.717, 1.165) is 29.5 Å². The number of unbranched alkanes of at least 4 members (excludes halogenated alkanes) is 3. The topological polar surface area (TPSA) is 126 Å². The number of nitrogens with zero attached hydrogens (tertiary/aromatic N) is 4. The van der Waals surface area contributed by atoms with Gasteiger partial charge in [-0.25, -0.2) is 9.59 Å². The largest absolute Gasteiger partial charge is 0.473 e. The fourth-order valence-corrected chi connectivity index (χ4v) is 4.94. The predicted molar refractivity (Wildman–Crippen MR) is 139 cm³/mol. The molecular weight excluding hydrogens is 504 g/mol. The quantitative estimate of drug-likeness (QED) is 0.214. The van der Waals surface area contributed by atoms with Crippen LogP contribution in [0.1, 0.15) is 65.1 Å². The lowest BCUT2D eigenvalue weighted by Crippen LogP contribution is -2.16. The summed E-state index contributed by atoms with van der Waals surface area (Å²) in [5.74, 6) is -2.11. The monoisotopic (exact) mass is 534 g/mol. The molecular formula is C25H31ClN4O5S. The van der Waals surface area contributed by atoms with Crippen LogP contribution in [0.25, 0.3) is 5.00 Å². The molecule has 0 unspecified atom stereocenters. The van der Waals surface area contributed by atoms with E-state index in [-0.39, 0.29) is 5.78 Å². The molecule has 9 nitrogen and oxygen atoms in total. The van der Waals surface area contributed by atoms with Crippen molar-refractivity contribution in [2.75, 3.05) is 14.1 Å². The molecule has 2 aromatic heterocycles. The predicted octanol–water partition coefficient (Wildman–Crippen LogP) is 4.86. The summed E-state index contributed by atoms with van der Waals surface area (Å²) in [7, 11) is 4.00. The maximum absolute atomic E-state index is 13.5. The Morgan fingerprint density at radius 3 is 2.28 bits per heavy atom. The molecule has 0 amide bonds. The van der Waals surface area contributed by atoms with Crippen LogP contribution in [0.4, 0.5) is 0 Å². The SMILES string of the molecule is CCCCCCc1cc(C(=O)c2ccccc2Cl)c(-n2c(C)nnc2CN(C)C)s1.O=C(O)C(=O)O. The molecule has 0 fully saturated rings. The fraction of sp³-hybridized carbons (Fsp3) is 0.400. The normalized spacial score (nSPS) is 10.7. The van der Waals surface area contributed by atoms with Crippen molar-refractivity contribution in [2.45, 2.75) is 52.5 Å². The summed E-state index contributed by atoms with van der Waals surface area (Å²) < 4.78 is 2.02. The van der Waals surface area contributed by atoms with Crippen LogP contribution in [0.3, 0.4) is 0 Å². The second-order valence-corrected chi connectivity index (χ2v) is 9.92. The Morgan fingerprint density at radius 1 is 1.03 bits per heavy atom. The van der Waals surface area contributed by atoms with Gasteiger partial charge in [-0.05, 0) is 52.1 Å². The third-order valence-corrected chi connectivity index (χ3v) is 6.65. The fourth-order valence-electron chi connectivity index (χ4n) is 3.46. The Bertz CT molecular complexity index is 1190. The lowest BCUT2D eigenvalue weighted by Gasteiger charge is -2.12. The molecule has 1 aromatic carbocycles. The number of benzene rings is 1. The Morgan fingerprint density at radius 2 is 1.69 bits per heavy atom. The van der Waals surface area contributed by atoms with Crippen LogP contribution in [0.5, 0.6) is 0 Å². The highest BCUT2D eigenvalue weighted by molar-refractivity contribution is 7.15. The minimum Gasteiger partial charge on any atom is -0.473 e. The van der Waals surface area contributed by atoms with Gasteiger partial charge < -0.3 is 15.1 Å². The average molecular weight is 535 g/mol. The van der Waals surface area contributed by atoms with Crippen LogP contribution in [-0.4, -0.2) is 61.7 Å². The number of halogens is 1. The summed E-state index contributed by atoms with van der Waals surface area (Å²) in [6.45, 7) is 4.78. The highest BCUT2D eigenvalue weighted by Crippen LogP contribution is 2.33. The van der Waals surface area contributed by atoms with Crippen LogP contribution in [-0.2, 0) is 22.6 Å². The number of carbonyl (C=O) groups excluding carboxylic acids is 1. The van der Waals surface area contributed by atoms with Crippen molar-refractivity contribution in [2.24, 2.45) is 0 Å². The Hall–Kier alpha value is -3.08. The third-order valence-electron chi connectivity index (χ3n) is 5.14. The molecule has 3 rings (SSSR count). The minimum atomic E-state index is -1.82. The van der Waals surface area contributed by atoms with Gasteiger partial charge in [-0.1, -0.05) is 49.9 Å². The molecule has 0 bridgehead atoms. The first kappa shape index (κ1) is 29.2. The highest BCUT2D eigenvalue weighted by atomic mass is 35.5. The zero-order chi connectivity index (χ0) is 26.8. The number of thiophene rings is 1. The summed E-state index contributed by atoms with van der Waals surface area (Å²) >= 11 is 8.01. The molecule has 0 saturated carbocycles. The van der Waals surface area contributed by atoms with Crippen molar-refractivity contribution in [3.05, 3.63) is 63.0 Å². The molecule has 11 heteroatoms. The molecule has 0 aliphatic carbocycles. The molecule has 0 aliphatic rings. The van der Waals surface area contributed by atoms with Crippen molar-refractivity contribution in [3.63, 3.8) is 0 Å². The van der Waals surface area contributed by atoms with E-state index < -0.39 is 11.9 Å². The van der Waals surface area contributed by atoms with E-state index in [9.17, 15) is 4.79 Å². The lowest BCUT2D eigenvalue weighted by molar-refractivity contribution is -0.159. The van der Waals surface area contributed by atoms with Gasteiger partial charge in [0, 0.05) is 10.4 Å². The van der Waals surface area contributed by atoms with Crippen molar-refractivity contribution in [1.82, 2.24) is 19.7 Å². The zero-order valence-corrected chi connectivity index (χ0v) is 22.4. The molecule has 2 N–H and O–H groups in total. The number of aromatic nitrogens is 3. The Balaban J connectivity index is 0.000000678. The summed E-state index contributed by atoms with van der Waals surface area (Å²) in [6.07, 6.45) is 5.74. The molecule has 194 valence electrons. The van der Waals surface area contributed by atoms with Crippen LogP contribution in [0.2, 0.25) is 5.02 Å². The number of ketones is 1. The Kier molecular flexibility index (Phi) is 11.2. The van der Waals surface area contributed by atoms with E-state index in [0.29, 0.717) is 22.7 Å². The van der Waals surface area contributed by atoms with Crippen molar-refractivity contribution in [1.29, 1.82) is 0 Å². The van der Waals surface area contributed by atoms with Gasteiger partial charge in [0.05, 0.1) is 17.1 Å². The van der Waals surface area contributed by atoms with E-state index in [1.54, 1.807) is 23.5 Å². The number of hydrogen-bond donors (Lipinski definition) is 2. The summed E-state index contributed by atoms with van der Waals surface area (Å²) in [6, 6.07) is 9.27. The molecule has 0 aliphatic heterocycles. The number of carboxylic acid groups (broad SMARTS) is 2. The van der Waals surface area contributed by atoms with Gasteiger partial charge in [0.1, 0.15) is 10.8 Å².